The van der Waals surface area contributed by atoms with E-state index in [1.807, 2.05) is 23.6 Å². The lowest BCUT2D eigenvalue weighted by molar-refractivity contribution is 0.425. The molecule has 1 heterocycles. The molecule has 17 heavy (non-hydrogen) atoms. The van der Waals surface area contributed by atoms with Crippen molar-refractivity contribution >= 4 is 23.9 Å². The van der Waals surface area contributed by atoms with Crippen LogP contribution in [0.3, 0.4) is 0 Å². The van der Waals surface area contributed by atoms with Crippen LogP contribution in [0.1, 0.15) is 10.4 Å². The topological polar surface area (TPSA) is 52.5 Å². The average molecular weight is 247 g/mol. The molecule has 1 aromatic heterocycles. The zero-order chi connectivity index (χ0) is 12.1. The maximum absolute atomic E-state index is 9.14. The van der Waals surface area contributed by atoms with E-state index in [1.165, 1.54) is 16.9 Å². The van der Waals surface area contributed by atoms with E-state index in [4.69, 9.17) is 10.0 Å². The van der Waals surface area contributed by atoms with Crippen LogP contribution in [0, 0.1) is 0 Å². The minimum absolute atomic E-state index is 0.593. The van der Waals surface area contributed by atoms with Crippen LogP contribution in [-0.4, -0.2) is 17.2 Å². The van der Waals surface area contributed by atoms with Crippen LogP contribution < -0.4 is 10.8 Å². The highest BCUT2D eigenvalue weighted by Gasteiger charge is 2.16. The van der Waals surface area contributed by atoms with E-state index in [9.17, 15) is 0 Å². The van der Waals surface area contributed by atoms with Crippen molar-refractivity contribution in [2.45, 2.75) is 13.1 Å². The maximum Gasteiger partial charge on any atom is 0.489 e. The quantitative estimate of drug-likeness (QED) is 0.682. The summed E-state index contributed by atoms with van der Waals surface area (Å²) >= 11 is 1.53. The van der Waals surface area contributed by atoms with Crippen molar-refractivity contribution in [1.29, 1.82) is 0 Å². The summed E-state index contributed by atoms with van der Waals surface area (Å²) in [4.78, 5) is 0.968. The molecule has 0 aliphatic rings. The van der Waals surface area contributed by atoms with Gasteiger partial charge in [-0.3, -0.25) is 0 Å². The molecule has 3 nitrogen and oxygen atoms in total. The Morgan fingerprint density at radius 1 is 1.06 bits per heavy atom. The van der Waals surface area contributed by atoms with Gasteiger partial charge in [-0.15, -0.1) is 11.3 Å². The Balaban J connectivity index is 1.88. The fraction of sp³-hybridized carbons (Fsp3) is 0.167. The van der Waals surface area contributed by atoms with Crippen molar-refractivity contribution < 1.29 is 10.0 Å². The lowest BCUT2D eigenvalue weighted by Crippen LogP contribution is -2.32. The Labute approximate surface area is 105 Å². The van der Waals surface area contributed by atoms with Gasteiger partial charge in [0.1, 0.15) is 0 Å². The van der Waals surface area contributed by atoms with Crippen LogP contribution in [0.5, 0.6) is 0 Å². The number of hydrogen-bond acceptors (Lipinski definition) is 4. The predicted molar refractivity (Wildman–Crippen MR) is 71.1 cm³/mol. The van der Waals surface area contributed by atoms with Gasteiger partial charge in [0.15, 0.2) is 0 Å². The first-order valence-corrected chi connectivity index (χ1v) is 6.32. The fourth-order valence-electron chi connectivity index (χ4n) is 1.64. The van der Waals surface area contributed by atoms with Crippen LogP contribution in [0.15, 0.2) is 41.8 Å². The molecule has 3 N–H and O–H groups in total. The number of benzene rings is 1. The second-order valence-corrected chi connectivity index (χ2v) is 4.76. The largest absolute Gasteiger partial charge is 0.489 e. The summed E-state index contributed by atoms with van der Waals surface area (Å²) in [7, 11) is -1.38. The molecular formula is C12H14BNO2S. The van der Waals surface area contributed by atoms with Crippen LogP contribution in [-0.2, 0) is 13.1 Å². The first-order chi connectivity index (χ1) is 8.27. The van der Waals surface area contributed by atoms with E-state index in [2.05, 4.69) is 17.4 Å². The summed E-state index contributed by atoms with van der Waals surface area (Å²) in [5.41, 5.74) is 1.81. The Morgan fingerprint density at radius 2 is 1.82 bits per heavy atom. The lowest BCUT2D eigenvalue weighted by Gasteiger charge is -2.05. The van der Waals surface area contributed by atoms with Crippen molar-refractivity contribution in [3.05, 3.63) is 52.2 Å². The van der Waals surface area contributed by atoms with Crippen LogP contribution in [0.25, 0.3) is 0 Å². The van der Waals surface area contributed by atoms with Crippen molar-refractivity contribution in [3.8, 4) is 0 Å². The van der Waals surface area contributed by atoms with Crippen LogP contribution in [0.4, 0.5) is 0 Å². The highest BCUT2D eigenvalue weighted by Crippen LogP contribution is 2.07. The summed E-state index contributed by atoms with van der Waals surface area (Å²) in [5, 5.41) is 23.4. The molecule has 0 bridgehead atoms. The third-order valence-electron chi connectivity index (χ3n) is 2.52. The second kappa shape index (κ2) is 5.98. The third-order valence-corrected chi connectivity index (χ3v) is 3.45. The van der Waals surface area contributed by atoms with E-state index in [0.717, 1.165) is 11.4 Å². The molecule has 5 heteroatoms. The standard InChI is InChI=1S/C12H14BNO2S/c15-13(16)11-6-7-17-12(11)9-14-8-10-4-2-1-3-5-10/h1-7,14-16H,8-9H2. The van der Waals surface area contributed by atoms with Gasteiger partial charge in [0.2, 0.25) is 0 Å². The van der Waals surface area contributed by atoms with Gasteiger partial charge in [-0.1, -0.05) is 36.4 Å². The van der Waals surface area contributed by atoms with Crippen molar-refractivity contribution in [2.75, 3.05) is 0 Å². The summed E-state index contributed by atoms with van der Waals surface area (Å²) in [6.07, 6.45) is 0. The highest BCUT2D eigenvalue weighted by molar-refractivity contribution is 7.11. The molecule has 0 atom stereocenters. The lowest BCUT2D eigenvalue weighted by atomic mass is 9.80. The Hall–Kier alpha value is -1.14. The summed E-state index contributed by atoms with van der Waals surface area (Å²) in [6.45, 7) is 1.43. The monoisotopic (exact) mass is 247 g/mol. The molecule has 0 saturated heterocycles. The van der Waals surface area contributed by atoms with Gasteiger partial charge >= 0.3 is 7.12 Å². The third kappa shape index (κ3) is 3.41. The molecule has 2 rings (SSSR count). The normalized spacial score (nSPS) is 10.5. The minimum Gasteiger partial charge on any atom is -0.423 e. The van der Waals surface area contributed by atoms with Gasteiger partial charge < -0.3 is 15.4 Å². The molecule has 0 radical (unpaired) electrons. The number of rotatable bonds is 5. The Bertz CT molecular complexity index is 459. The van der Waals surface area contributed by atoms with E-state index >= 15 is 0 Å². The highest BCUT2D eigenvalue weighted by atomic mass is 32.1. The Kier molecular flexibility index (Phi) is 4.33. The van der Waals surface area contributed by atoms with Gasteiger partial charge in [0.25, 0.3) is 0 Å². The molecule has 0 unspecified atom stereocenters. The predicted octanol–water partition coefficient (Wildman–Crippen LogP) is 0.718. The SMILES string of the molecule is OB(O)c1ccsc1CNCc1ccccc1. The molecule has 0 saturated carbocycles. The molecule has 2 aromatic rings. The van der Waals surface area contributed by atoms with Crippen LogP contribution in [0.2, 0.25) is 0 Å². The van der Waals surface area contributed by atoms with E-state index in [0.29, 0.717) is 12.0 Å². The van der Waals surface area contributed by atoms with Gasteiger partial charge in [-0.25, -0.2) is 0 Å². The second-order valence-electron chi connectivity index (χ2n) is 3.76. The Morgan fingerprint density at radius 3 is 2.53 bits per heavy atom. The molecular weight excluding hydrogens is 233 g/mol. The molecule has 0 fully saturated rings. The first kappa shape index (κ1) is 12.3. The fourth-order valence-corrected chi connectivity index (χ4v) is 2.51. The van der Waals surface area contributed by atoms with Gasteiger partial charge in [-0.2, -0.15) is 0 Å². The number of thiophene rings is 1. The molecule has 0 amide bonds. The average Bonchev–Trinajstić information content (AvgIpc) is 2.79. The van der Waals surface area contributed by atoms with E-state index in [-0.39, 0.29) is 0 Å². The summed E-state index contributed by atoms with van der Waals surface area (Å²) in [6, 6.07) is 11.9. The molecule has 0 aliphatic heterocycles. The van der Waals surface area contributed by atoms with Crippen LogP contribution >= 0.6 is 11.3 Å². The van der Waals surface area contributed by atoms with Gasteiger partial charge in [0.05, 0.1) is 0 Å². The molecule has 0 spiro atoms. The first-order valence-electron chi connectivity index (χ1n) is 5.44. The molecule has 0 aliphatic carbocycles. The zero-order valence-electron chi connectivity index (χ0n) is 9.34. The minimum atomic E-state index is -1.38. The van der Waals surface area contributed by atoms with Gasteiger partial charge in [0, 0.05) is 18.0 Å². The molecule has 88 valence electrons. The van der Waals surface area contributed by atoms with E-state index < -0.39 is 7.12 Å². The van der Waals surface area contributed by atoms with Crippen molar-refractivity contribution in [3.63, 3.8) is 0 Å². The summed E-state index contributed by atoms with van der Waals surface area (Å²) < 4.78 is 0. The number of hydrogen-bond donors (Lipinski definition) is 3. The van der Waals surface area contributed by atoms with Crippen molar-refractivity contribution in [1.82, 2.24) is 5.32 Å². The molecule has 1 aromatic carbocycles. The zero-order valence-corrected chi connectivity index (χ0v) is 10.2. The summed E-state index contributed by atoms with van der Waals surface area (Å²) in [5.74, 6) is 0. The maximum atomic E-state index is 9.14. The smallest absolute Gasteiger partial charge is 0.423 e. The van der Waals surface area contributed by atoms with E-state index in [1.54, 1.807) is 6.07 Å². The van der Waals surface area contributed by atoms with Gasteiger partial charge in [-0.05, 0) is 16.4 Å². The van der Waals surface area contributed by atoms with Crippen molar-refractivity contribution in [2.24, 2.45) is 0 Å². The number of nitrogens with one attached hydrogen (secondary N) is 1.